The molecule has 0 unspecified atom stereocenters. The Hall–Kier alpha value is -3.52. The molecule has 0 aliphatic carbocycles. The van der Waals surface area contributed by atoms with Gasteiger partial charge in [0.15, 0.2) is 0 Å². The van der Waals surface area contributed by atoms with E-state index < -0.39 is 0 Å². The molecule has 8 heteroatoms. The first-order valence-corrected chi connectivity index (χ1v) is 12.7. The van der Waals surface area contributed by atoms with E-state index in [-0.39, 0.29) is 23.6 Å². The number of hydrogen-bond acceptors (Lipinski definition) is 5. The molecular weight excluding hydrogens is 460 g/mol. The zero-order chi connectivity index (χ0) is 24.8. The molecule has 0 bridgehead atoms. The minimum Gasteiger partial charge on any atom is -0.356 e. The quantitative estimate of drug-likeness (QED) is 0.506. The number of anilines is 1. The highest BCUT2D eigenvalue weighted by atomic mass is 32.1. The fourth-order valence-corrected chi connectivity index (χ4v) is 5.19. The molecule has 4 rings (SSSR count). The SMILES string of the molecule is CC(=O)NCCC(=O)N1CCC(c2nc(C(=O)Nc3ccccc3-c3ccc(C)cc3)cs2)CC1. The number of carbonyl (C=O) groups excluding carboxylic acids is 3. The zero-order valence-corrected chi connectivity index (χ0v) is 20.9. The molecule has 0 atom stereocenters. The molecule has 7 nitrogen and oxygen atoms in total. The maximum Gasteiger partial charge on any atom is 0.275 e. The van der Waals surface area contributed by atoms with Crippen molar-refractivity contribution in [3.8, 4) is 11.1 Å². The maximum atomic E-state index is 13.0. The number of likely N-dealkylation sites (tertiary alicyclic amines) is 1. The second kappa shape index (κ2) is 11.3. The van der Waals surface area contributed by atoms with Crippen LogP contribution in [-0.4, -0.2) is 47.2 Å². The van der Waals surface area contributed by atoms with Crippen molar-refractivity contribution in [1.29, 1.82) is 0 Å². The first-order valence-electron chi connectivity index (χ1n) is 11.9. The van der Waals surface area contributed by atoms with Gasteiger partial charge in [-0.15, -0.1) is 11.3 Å². The van der Waals surface area contributed by atoms with Crippen LogP contribution in [0.1, 0.15) is 53.2 Å². The Morgan fingerprint density at radius 3 is 2.49 bits per heavy atom. The third kappa shape index (κ3) is 6.33. The Labute approximate surface area is 209 Å². The number of benzene rings is 2. The number of para-hydroxylation sites is 1. The number of thiazole rings is 1. The first kappa shape index (κ1) is 24.6. The molecule has 1 aliphatic rings. The van der Waals surface area contributed by atoms with E-state index in [1.807, 2.05) is 41.5 Å². The van der Waals surface area contributed by atoms with Crippen molar-refractivity contribution in [2.75, 3.05) is 25.0 Å². The van der Waals surface area contributed by atoms with Crippen LogP contribution in [0.2, 0.25) is 0 Å². The second-order valence-electron chi connectivity index (χ2n) is 8.82. The van der Waals surface area contributed by atoms with Crippen LogP contribution in [-0.2, 0) is 9.59 Å². The zero-order valence-electron chi connectivity index (χ0n) is 20.0. The predicted molar refractivity (Wildman–Crippen MR) is 139 cm³/mol. The number of nitrogens with zero attached hydrogens (tertiary/aromatic N) is 2. The molecule has 2 N–H and O–H groups in total. The Bertz CT molecular complexity index is 1200. The Morgan fingerprint density at radius 2 is 1.77 bits per heavy atom. The van der Waals surface area contributed by atoms with Gasteiger partial charge < -0.3 is 15.5 Å². The lowest BCUT2D eigenvalue weighted by atomic mass is 9.97. The van der Waals surface area contributed by atoms with Gasteiger partial charge in [-0.05, 0) is 31.4 Å². The Kier molecular flexibility index (Phi) is 7.92. The summed E-state index contributed by atoms with van der Waals surface area (Å²) in [5.74, 6) is -0.0548. The van der Waals surface area contributed by atoms with Gasteiger partial charge in [0, 0.05) is 55.5 Å². The van der Waals surface area contributed by atoms with Gasteiger partial charge in [-0.2, -0.15) is 0 Å². The highest BCUT2D eigenvalue weighted by Crippen LogP contribution is 2.32. The molecule has 1 fully saturated rings. The number of nitrogens with one attached hydrogen (secondary N) is 2. The minimum absolute atomic E-state index is 0.0589. The van der Waals surface area contributed by atoms with E-state index in [9.17, 15) is 14.4 Å². The molecule has 0 saturated carbocycles. The van der Waals surface area contributed by atoms with Crippen molar-refractivity contribution in [3.05, 3.63) is 70.2 Å². The summed E-state index contributed by atoms with van der Waals surface area (Å²) in [6.07, 6.45) is 1.95. The molecule has 3 aromatic rings. The van der Waals surface area contributed by atoms with Crippen LogP contribution < -0.4 is 10.6 Å². The van der Waals surface area contributed by atoms with Crippen molar-refractivity contribution >= 4 is 34.7 Å². The van der Waals surface area contributed by atoms with Crippen LogP contribution in [0, 0.1) is 6.92 Å². The molecule has 1 aromatic heterocycles. The number of amides is 3. The van der Waals surface area contributed by atoms with Crippen LogP contribution >= 0.6 is 11.3 Å². The van der Waals surface area contributed by atoms with Crippen molar-refractivity contribution < 1.29 is 14.4 Å². The summed E-state index contributed by atoms with van der Waals surface area (Å²) in [6.45, 7) is 5.18. The summed E-state index contributed by atoms with van der Waals surface area (Å²) in [6, 6.07) is 16.0. The molecule has 2 heterocycles. The third-order valence-corrected chi connectivity index (χ3v) is 7.21. The first-order chi connectivity index (χ1) is 16.9. The molecule has 3 amide bonds. The molecule has 0 radical (unpaired) electrons. The second-order valence-corrected chi connectivity index (χ2v) is 9.71. The number of aromatic nitrogens is 1. The summed E-state index contributed by atoms with van der Waals surface area (Å²) < 4.78 is 0. The van der Waals surface area contributed by atoms with E-state index >= 15 is 0 Å². The lowest BCUT2D eigenvalue weighted by molar-refractivity contribution is -0.132. The Morgan fingerprint density at radius 1 is 1.06 bits per heavy atom. The smallest absolute Gasteiger partial charge is 0.275 e. The summed E-state index contributed by atoms with van der Waals surface area (Å²) >= 11 is 1.50. The molecule has 1 saturated heterocycles. The number of aryl methyl sites for hydroxylation is 1. The van der Waals surface area contributed by atoms with Crippen LogP contribution in [0.3, 0.4) is 0 Å². The van der Waals surface area contributed by atoms with Crippen molar-refractivity contribution in [1.82, 2.24) is 15.2 Å². The van der Waals surface area contributed by atoms with Gasteiger partial charge in [0.05, 0.1) is 5.01 Å². The molecule has 35 heavy (non-hydrogen) atoms. The van der Waals surface area contributed by atoms with Crippen LogP contribution in [0.5, 0.6) is 0 Å². The summed E-state index contributed by atoms with van der Waals surface area (Å²) in [5, 5.41) is 8.44. The highest BCUT2D eigenvalue weighted by molar-refractivity contribution is 7.10. The van der Waals surface area contributed by atoms with E-state index in [0.717, 1.165) is 34.7 Å². The third-order valence-electron chi connectivity index (χ3n) is 6.20. The van der Waals surface area contributed by atoms with E-state index in [1.54, 1.807) is 0 Å². The van der Waals surface area contributed by atoms with Crippen molar-refractivity contribution in [2.24, 2.45) is 0 Å². The van der Waals surface area contributed by atoms with Gasteiger partial charge in [-0.3, -0.25) is 14.4 Å². The number of piperidine rings is 1. The lowest BCUT2D eigenvalue weighted by Gasteiger charge is -2.31. The minimum atomic E-state index is -0.224. The fourth-order valence-electron chi connectivity index (χ4n) is 4.22. The van der Waals surface area contributed by atoms with Gasteiger partial charge >= 0.3 is 0 Å². The standard InChI is InChI=1S/C27H30N4O3S/c1-18-7-9-20(10-8-18)22-5-3-4-6-23(22)29-26(34)24-17-35-27(30-24)21-12-15-31(16-13-21)25(33)11-14-28-19(2)32/h3-10,17,21H,11-16H2,1-2H3,(H,28,32)(H,29,34). The normalized spacial score (nSPS) is 13.9. The summed E-state index contributed by atoms with van der Waals surface area (Å²) in [7, 11) is 0. The van der Waals surface area contributed by atoms with E-state index in [4.69, 9.17) is 0 Å². The monoisotopic (exact) mass is 490 g/mol. The molecular formula is C27H30N4O3S. The van der Waals surface area contributed by atoms with Crippen LogP contribution in [0.25, 0.3) is 11.1 Å². The largest absolute Gasteiger partial charge is 0.356 e. The van der Waals surface area contributed by atoms with Gasteiger partial charge in [0.1, 0.15) is 5.69 Å². The van der Waals surface area contributed by atoms with Crippen molar-refractivity contribution in [2.45, 2.75) is 39.0 Å². The summed E-state index contributed by atoms with van der Waals surface area (Å²) in [5.41, 5.74) is 4.36. The van der Waals surface area contributed by atoms with E-state index in [2.05, 4.69) is 39.9 Å². The van der Waals surface area contributed by atoms with Gasteiger partial charge in [-0.1, -0.05) is 48.0 Å². The van der Waals surface area contributed by atoms with Crippen LogP contribution in [0.15, 0.2) is 53.9 Å². The topological polar surface area (TPSA) is 91.4 Å². The fraction of sp³-hybridized carbons (Fsp3) is 0.333. The average Bonchev–Trinajstić information content (AvgIpc) is 3.35. The summed E-state index contributed by atoms with van der Waals surface area (Å²) in [4.78, 5) is 42.8. The molecule has 2 aromatic carbocycles. The van der Waals surface area contributed by atoms with Crippen LogP contribution in [0.4, 0.5) is 5.69 Å². The van der Waals surface area contributed by atoms with Gasteiger partial charge in [0.2, 0.25) is 11.8 Å². The van der Waals surface area contributed by atoms with Gasteiger partial charge in [0.25, 0.3) is 5.91 Å². The predicted octanol–water partition coefficient (Wildman–Crippen LogP) is 4.60. The Balaban J connectivity index is 1.35. The lowest BCUT2D eigenvalue weighted by Crippen LogP contribution is -2.39. The molecule has 1 aliphatic heterocycles. The van der Waals surface area contributed by atoms with Crippen molar-refractivity contribution in [3.63, 3.8) is 0 Å². The number of rotatable bonds is 7. The highest BCUT2D eigenvalue weighted by Gasteiger charge is 2.26. The molecule has 0 spiro atoms. The number of hydrogen-bond donors (Lipinski definition) is 2. The van der Waals surface area contributed by atoms with Gasteiger partial charge in [-0.25, -0.2) is 4.98 Å². The molecule has 182 valence electrons. The average molecular weight is 491 g/mol. The van der Waals surface area contributed by atoms with E-state index in [0.29, 0.717) is 31.7 Å². The maximum absolute atomic E-state index is 13.0. The number of carbonyl (C=O) groups is 3. The van der Waals surface area contributed by atoms with E-state index in [1.165, 1.54) is 23.8 Å².